The molecule has 18 heavy (non-hydrogen) atoms. The van der Waals surface area contributed by atoms with Crippen molar-refractivity contribution in [1.29, 1.82) is 0 Å². The van der Waals surface area contributed by atoms with E-state index in [1.165, 1.54) is 0 Å². The van der Waals surface area contributed by atoms with Crippen LogP contribution in [-0.2, 0) is 9.59 Å². The predicted octanol–water partition coefficient (Wildman–Crippen LogP) is 0.0636. The Morgan fingerprint density at radius 3 is 2.44 bits per heavy atom. The zero-order valence-electron chi connectivity index (χ0n) is 11.5. The zero-order valence-corrected chi connectivity index (χ0v) is 11.5. The molecule has 1 N–H and O–H groups in total. The lowest BCUT2D eigenvalue weighted by Crippen LogP contribution is -2.57. The van der Waals surface area contributed by atoms with Crippen molar-refractivity contribution in [2.24, 2.45) is 5.92 Å². The summed E-state index contributed by atoms with van der Waals surface area (Å²) in [6.07, 6.45) is 1.18. The Kier molecular flexibility index (Phi) is 3.90. The number of piperidine rings is 1. The van der Waals surface area contributed by atoms with Crippen molar-refractivity contribution >= 4 is 11.8 Å². The highest BCUT2D eigenvalue weighted by Gasteiger charge is 2.34. The van der Waals surface area contributed by atoms with E-state index in [1.54, 1.807) is 11.9 Å². The van der Waals surface area contributed by atoms with E-state index in [4.69, 9.17) is 0 Å². The van der Waals surface area contributed by atoms with Crippen LogP contribution in [0.15, 0.2) is 0 Å². The molecule has 2 aliphatic heterocycles. The molecule has 0 aliphatic carbocycles. The smallest absolute Gasteiger partial charge is 0.226 e. The molecule has 2 fully saturated rings. The van der Waals surface area contributed by atoms with Gasteiger partial charge in [-0.25, -0.2) is 0 Å². The summed E-state index contributed by atoms with van der Waals surface area (Å²) in [7, 11) is 1.80. The maximum atomic E-state index is 12.4. The molecule has 0 aromatic carbocycles. The van der Waals surface area contributed by atoms with Gasteiger partial charge in [0, 0.05) is 51.1 Å². The molecule has 0 saturated carbocycles. The van der Waals surface area contributed by atoms with Gasteiger partial charge in [0.05, 0.1) is 0 Å². The summed E-state index contributed by atoms with van der Waals surface area (Å²) >= 11 is 0. The highest BCUT2D eigenvalue weighted by atomic mass is 16.2. The molecule has 0 aromatic heterocycles. The van der Waals surface area contributed by atoms with Crippen molar-refractivity contribution in [3.05, 3.63) is 0 Å². The molecule has 0 aromatic rings. The van der Waals surface area contributed by atoms with Gasteiger partial charge >= 0.3 is 0 Å². The van der Waals surface area contributed by atoms with Gasteiger partial charge in [0.1, 0.15) is 0 Å². The summed E-state index contributed by atoms with van der Waals surface area (Å²) in [6, 6.07) is 0.666. The third-order valence-electron chi connectivity index (χ3n) is 3.88. The number of rotatable bonds is 1. The lowest BCUT2D eigenvalue weighted by molar-refractivity contribution is -0.145. The van der Waals surface area contributed by atoms with Gasteiger partial charge in [-0.1, -0.05) is 0 Å². The molecule has 2 rings (SSSR count). The van der Waals surface area contributed by atoms with Crippen LogP contribution in [0.5, 0.6) is 0 Å². The van der Waals surface area contributed by atoms with Gasteiger partial charge in [-0.2, -0.15) is 0 Å². The second kappa shape index (κ2) is 5.26. The minimum atomic E-state index is -0.105. The first-order valence-corrected chi connectivity index (χ1v) is 6.76. The van der Waals surface area contributed by atoms with E-state index in [1.807, 2.05) is 4.90 Å². The highest BCUT2D eigenvalue weighted by molar-refractivity contribution is 5.87. The quantitative estimate of drug-likeness (QED) is 0.719. The SMILES string of the molecule is C[C@@H]1CN(C(=O)[C@@H]2CCN(C)C(=O)C2)C[C@H](C)N1. The van der Waals surface area contributed by atoms with Crippen LogP contribution in [-0.4, -0.2) is 60.4 Å². The van der Waals surface area contributed by atoms with E-state index in [9.17, 15) is 9.59 Å². The van der Waals surface area contributed by atoms with Crippen LogP contribution in [0.25, 0.3) is 0 Å². The van der Waals surface area contributed by atoms with E-state index in [0.29, 0.717) is 25.0 Å². The largest absolute Gasteiger partial charge is 0.346 e. The monoisotopic (exact) mass is 253 g/mol. The highest BCUT2D eigenvalue weighted by Crippen LogP contribution is 2.21. The van der Waals surface area contributed by atoms with Crippen molar-refractivity contribution in [2.75, 3.05) is 26.7 Å². The van der Waals surface area contributed by atoms with Gasteiger partial charge in [0.2, 0.25) is 11.8 Å². The molecule has 2 aliphatic rings. The fourth-order valence-corrected chi connectivity index (χ4v) is 2.92. The number of carbonyl (C=O) groups excluding carboxylic acids is 2. The average molecular weight is 253 g/mol. The Morgan fingerprint density at radius 1 is 1.28 bits per heavy atom. The summed E-state index contributed by atoms with van der Waals surface area (Å²) in [5.41, 5.74) is 0. The van der Waals surface area contributed by atoms with Crippen molar-refractivity contribution in [1.82, 2.24) is 15.1 Å². The van der Waals surface area contributed by atoms with Crippen LogP contribution in [0.2, 0.25) is 0 Å². The Balaban J connectivity index is 1.96. The molecule has 5 nitrogen and oxygen atoms in total. The maximum absolute atomic E-state index is 12.4. The Hall–Kier alpha value is -1.10. The van der Waals surface area contributed by atoms with Gasteiger partial charge < -0.3 is 15.1 Å². The summed E-state index contributed by atoms with van der Waals surface area (Å²) in [4.78, 5) is 27.7. The van der Waals surface area contributed by atoms with Crippen LogP contribution >= 0.6 is 0 Å². The molecule has 2 heterocycles. The molecule has 2 saturated heterocycles. The molecule has 2 amide bonds. The first-order chi connectivity index (χ1) is 8.47. The third kappa shape index (κ3) is 2.83. The zero-order chi connectivity index (χ0) is 13.3. The van der Waals surface area contributed by atoms with Gasteiger partial charge in [-0.05, 0) is 20.3 Å². The van der Waals surface area contributed by atoms with Gasteiger partial charge in [-0.3, -0.25) is 9.59 Å². The van der Waals surface area contributed by atoms with E-state index in [2.05, 4.69) is 19.2 Å². The summed E-state index contributed by atoms with van der Waals surface area (Å²) in [6.45, 7) is 6.39. The van der Waals surface area contributed by atoms with E-state index in [0.717, 1.165) is 19.5 Å². The van der Waals surface area contributed by atoms with Crippen LogP contribution in [0.3, 0.4) is 0 Å². The lowest BCUT2D eigenvalue weighted by atomic mass is 9.94. The van der Waals surface area contributed by atoms with Crippen LogP contribution in [0.4, 0.5) is 0 Å². The molecule has 0 unspecified atom stereocenters. The second-order valence-electron chi connectivity index (χ2n) is 5.72. The Bertz CT molecular complexity index is 335. The number of nitrogens with zero attached hydrogens (tertiary/aromatic N) is 2. The minimum Gasteiger partial charge on any atom is -0.346 e. The van der Waals surface area contributed by atoms with Crippen LogP contribution in [0, 0.1) is 5.92 Å². The van der Waals surface area contributed by atoms with Crippen molar-refractivity contribution in [3.63, 3.8) is 0 Å². The normalized spacial score (nSPS) is 33.7. The van der Waals surface area contributed by atoms with Crippen LogP contribution in [0.1, 0.15) is 26.7 Å². The van der Waals surface area contributed by atoms with E-state index >= 15 is 0 Å². The minimum absolute atomic E-state index is 0.0934. The number of piperazine rings is 1. The van der Waals surface area contributed by atoms with Gasteiger partial charge in [-0.15, -0.1) is 0 Å². The van der Waals surface area contributed by atoms with Crippen molar-refractivity contribution in [3.8, 4) is 0 Å². The van der Waals surface area contributed by atoms with E-state index in [-0.39, 0.29) is 17.7 Å². The number of hydrogen-bond donors (Lipinski definition) is 1. The summed E-state index contributed by atoms with van der Waals surface area (Å²) in [5, 5.41) is 3.41. The van der Waals surface area contributed by atoms with Gasteiger partial charge in [0.15, 0.2) is 0 Å². The maximum Gasteiger partial charge on any atom is 0.226 e. The molecule has 3 atom stereocenters. The van der Waals surface area contributed by atoms with Crippen molar-refractivity contribution in [2.45, 2.75) is 38.8 Å². The molecular formula is C13H23N3O2. The number of carbonyl (C=O) groups is 2. The fourth-order valence-electron chi connectivity index (χ4n) is 2.92. The summed E-state index contributed by atoms with van der Waals surface area (Å²) in [5.74, 6) is 0.152. The Morgan fingerprint density at radius 2 is 1.89 bits per heavy atom. The average Bonchev–Trinajstić information content (AvgIpc) is 2.30. The van der Waals surface area contributed by atoms with Crippen LogP contribution < -0.4 is 5.32 Å². The molecular weight excluding hydrogens is 230 g/mol. The first-order valence-electron chi connectivity index (χ1n) is 6.76. The molecule has 5 heteroatoms. The number of hydrogen-bond acceptors (Lipinski definition) is 3. The lowest BCUT2D eigenvalue weighted by Gasteiger charge is -2.39. The fraction of sp³-hybridized carbons (Fsp3) is 0.846. The standard InChI is InChI=1S/C13H23N3O2/c1-9-7-16(8-10(2)14-9)13(18)11-4-5-15(3)12(17)6-11/h9-11,14H,4-8H2,1-3H3/t9-,10+,11-/m1/s1. The van der Waals surface area contributed by atoms with Gasteiger partial charge in [0.25, 0.3) is 0 Å². The summed E-state index contributed by atoms with van der Waals surface area (Å²) < 4.78 is 0. The van der Waals surface area contributed by atoms with Crippen molar-refractivity contribution < 1.29 is 9.59 Å². The third-order valence-corrected chi connectivity index (χ3v) is 3.88. The molecule has 0 bridgehead atoms. The number of nitrogens with one attached hydrogen (secondary N) is 1. The number of amides is 2. The number of likely N-dealkylation sites (tertiary alicyclic amines) is 1. The first kappa shape index (κ1) is 13.3. The predicted molar refractivity (Wildman–Crippen MR) is 69.0 cm³/mol. The molecule has 0 spiro atoms. The Labute approximate surface area is 108 Å². The second-order valence-corrected chi connectivity index (χ2v) is 5.72. The van der Waals surface area contributed by atoms with E-state index < -0.39 is 0 Å². The molecule has 0 radical (unpaired) electrons. The topological polar surface area (TPSA) is 52.7 Å². The molecule has 102 valence electrons.